The van der Waals surface area contributed by atoms with Crippen molar-refractivity contribution in [3.63, 3.8) is 0 Å². The lowest BCUT2D eigenvalue weighted by Crippen LogP contribution is -2.24. The Labute approximate surface area is 122 Å². The van der Waals surface area contributed by atoms with Gasteiger partial charge in [0.2, 0.25) is 0 Å². The van der Waals surface area contributed by atoms with Crippen LogP contribution in [-0.2, 0) is 0 Å². The van der Waals surface area contributed by atoms with Gasteiger partial charge in [0.25, 0.3) is 0 Å². The summed E-state index contributed by atoms with van der Waals surface area (Å²) < 4.78 is 0. The fraction of sp³-hybridized carbons (Fsp3) is 0.800. The topological polar surface area (TPSA) is 28.2 Å². The summed E-state index contributed by atoms with van der Waals surface area (Å²) in [6.45, 7) is 14.3. The molecule has 3 nitrogen and oxygen atoms in total. The first-order chi connectivity index (χ1) is 9.13. The number of nitrogens with one attached hydrogen (secondary N) is 1. The minimum absolute atomic E-state index is 0.413. The van der Waals surface area contributed by atoms with Crippen LogP contribution in [0, 0.1) is 6.92 Å². The second-order valence-electron chi connectivity index (χ2n) is 5.11. The molecule has 1 aromatic heterocycles. The second-order valence-corrected chi connectivity index (χ2v) is 6.12. The summed E-state index contributed by atoms with van der Waals surface area (Å²) in [5.74, 6) is 0. The Balaban J connectivity index is 2.80. The normalized spacial score (nSPS) is 12.7. The predicted molar refractivity (Wildman–Crippen MR) is 86.4 cm³/mol. The summed E-state index contributed by atoms with van der Waals surface area (Å²) in [6, 6.07) is 0.413. The quantitative estimate of drug-likeness (QED) is 0.738. The van der Waals surface area contributed by atoms with Crippen LogP contribution < -0.4 is 10.2 Å². The van der Waals surface area contributed by atoms with E-state index in [-0.39, 0.29) is 0 Å². The predicted octanol–water partition coefficient (Wildman–Crippen LogP) is 4.14. The van der Waals surface area contributed by atoms with Crippen LogP contribution in [0.15, 0.2) is 0 Å². The van der Waals surface area contributed by atoms with Crippen molar-refractivity contribution >= 4 is 16.5 Å². The van der Waals surface area contributed by atoms with Gasteiger partial charge in [0.05, 0.1) is 5.69 Å². The van der Waals surface area contributed by atoms with Gasteiger partial charge in [-0.15, -0.1) is 11.3 Å². The van der Waals surface area contributed by atoms with E-state index in [1.807, 2.05) is 11.3 Å². The number of aryl methyl sites for hydroxylation is 1. The van der Waals surface area contributed by atoms with Crippen molar-refractivity contribution in [3.8, 4) is 0 Å². The van der Waals surface area contributed by atoms with E-state index in [2.05, 4.69) is 44.8 Å². The van der Waals surface area contributed by atoms with Crippen molar-refractivity contribution in [2.24, 2.45) is 0 Å². The summed E-state index contributed by atoms with van der Waals surface area (Å²) in [6.07, 6.45) is 3.53. The van der Waals surface area contributed by atoms with Gasteiger partial charge in [-0.2, -0.15) is 0 Å². The van der Waals surface area contributed by atoms with Crippen LogP contribution in [0.2, 0.25) is 0 Å². The van der Waals surface area contributed by atoms with E-state index >= 15 is 0 Å². The molecular weight excluding hydrogens is 254 g/mol. The van der Waals surface area contributed by atoms with Gasteiger partial charge in [0.15, 0.2) is 5.13 Å². The molecule has 1 atom stereocenters. The number of hydrogen-bond donors (Lipinski definition) is 1. The maximum Gasteiger partial charge on any atom is 0.185 e. The molecule has 4 heteroatoms. The number of aromatic nitrogens is 1. The fourth-order valence-electron chi connectivity index (χ4n) is 2.23. The molecule has 0 bridgehead atoms. The third-order valence-electron chi connectivity index (χ3n) is 3.17. The molecule has 110 valence electrons. The lowest BCUT2D eigenvalue weighted by atomic mass is 10.2. The van der Waals surface area contributed by atoms with Gasteiger partial charge in [-0.3, -0.25) is 0 Å². The average molecular weight is 283 g/mol. The Morgan fingerprint density at radius 3 is 2.32 bits per heavy atom. The third kappa shape index (κ3) is 4.77. The molecule has 0 amide bonds. The highest BCUT2D eigenvalue weighted by atomic mass is 32.1. The van der Waals surface area contributed by atoms with Gasteiger partial charge in [-0.25, -0.2) is 4.98 Å². The molecule has 0 fully saturated rings. The van der Waals surface area contributed by atoms with Crippen molar-refractivity contribution in [2.45, 2.75) is 59.9 Å². The van der Waals surface area contributed by atoms with Crippen molar-refractivity contribution < 1.29 is 0 Å². The molecule has 0 aliphatic carbocycles. The highest BCUT2D eigenvalue weighted by Gasteiger charge is 2.16. The van der Waals surface area contributed by atoms with E-state index in [1.54, 1.807) is 0 Å². The standard InChI is InChI=1S/C15H29N3S/c1-6-9-16-12(4)14-13(5)17-15(19-14)18(10-7-2)11-8-3/h12,16H,6-11H2,1-5H3. The lowest BCUT2D eigenvalue weighted by molar-refractivity contribution is 0.575. The van der Waals surface area contributed by atoms with E-state index in [9.17, 15) is 0 Å². The van der Waals surface area contributed by atoms with Gasteiger partial charge >= 0.3 is 0 Å². The first-order valence-corrected chi connectivity index (χ1v) is 8.41. The lowest BCUT2D eigenvalue weighted by Gasteiger charge is -2.20. The van der Waals surface area contributed by atoms with Crippen molar-refractivity contribution in [3.05, 3.63) is 10.6 Å². The molecule has 1 heterocycles. The molecule has 0 radical (unpaired) electrons. The Hall–Kier alpha value is -0.610. The zero-order chi connectivity index (χ0) is 14.3. The number of anilines is 1. The monoisotopic (exact) mass is 283 g/mol. The van der Waals surface area contributed by atoms with Crippen molar-refractivity contribution in [2.75, 3.05) is 24.5 Å². The minimum Gasteiger partial charge on any atom is -0.348 e. The van der Waals surface area contributed by atoms with Crippen LogP contribution in [0.25, 0.3) is 0 Å². The molecule has 1 unspecified atom stereocenters. The van der Waals surface area contributed by atoms with E-state index in [0.29, 0.717) is 6.04 Å². The van der Waals surface area contributed by atoms with E-state index < -0.39 is 0 Å². The summed E-state index contributed by atoms with van der Waals surface area (Å²) in [4.78, 5) is 8.60. The summed E-state index contributed by atoms with van der Waals surface area (Å²) >= 11 is 1.86. The number of hydrogen-bond acceptors (Lipinski definition) is 4. The van der Waals surface area contributed by atoms with Crippen LogP contribution in [-0.4, -0.2) is 24.6 Å². The summed E-state index contributed by atoms with van der Waals surface area (Å²) in [5, 5.41) is 4.75. The first-order valence-electron chi connectivity index (χ1n) is 7.59. The molecule has 0 aliphatic rings. The molecule has 1 N–H and O–H groups in total. The molecule has 0 aromatic carbocycles. The van der Waals surface area contributed by atoms with Crippen LogP contribution in [0.5, 0.6) is 0 Å². The third-order valence-corrected chi connectivity index (χ3v) is 4.57. The maximum atomic E-state index is 4.78. The maximum absolute atomic E-state index is 4.78. The Kier molecular flexibility index (Phi) is 7.39. The smallest absolute Gasteiger partial charge is 0.185 e. The highest BCUT2D eigenvalue weighted by molar-refractivity contribution is 7.15. The summed E-state index contributed by atoms with van der Waals surface area (Å²) in [7, 11) is 0. The van der Waals surface area contributed by atoms with Crippen molar-refractivity contribution in [1.82, 2.24) is 10.3 Å². The Morgan fingerprint density at radius 2 is 1.79 bits per heavy atom. The molecule has 1 rings (SSSR count). The van der Waals surface area contributed by atoms with Gasteiger partial charge in [0.1, 0.15) is 0 Å². The molecule has 0 saturated carbocycles. The fourth-order valence-corrected chi connectivity index (χ4v) is 3.37. The molecule has 1 aromatic rings. The Bertz CT molecular complexity index is 356. The average Bonchev–Trinajstić information content (AvgIpc) is 2.78. The molecule has 19 heavy (non-hydrogen) atoms. The second kappa shape index (κ2) is 8.54. The van der Waals surface area contributed by atoms with Gasteiger partial charge in [0, 0.05) is 24.0 Å². The van der Waals surface area contributed by atoms with Gasteiger partial charge in [-0.05, 0) is 39.7 Å². The van der Waals surface area contributed by atoms with E-state index in [0.717, 1.165) is 19.6 Å². The zero-order valence-electron chi connectivity index (χ0n) is 13.1. The SMILES string of the molecule is CCCNC(C)c1sc(N(CCC)CCC)nc1C. The van der Waals surface area contributed by atoms with Crippen LogP contribution >= 0.6 is 11.3 Å². The summed E-state index contributed by atoms with van der Waals surface area (Å²) in [5.41, 5.74) is 1.19. The van der Waals surface area contributed by atoms with Gasteiger partial charge in [-0.1, -0.05) is 20.8 Å². The van der Waals surface area contributed by atoms with Crippen LogP contribution in [0.3, 0.4) is 0 Å². The molecule has 0 spiro atoms. The molecule has 0 aliphatic heterocycles. The van der Waals surface area contributed by atoms with Crippen LogP contribution in [0.1, 0.15) is 63.6 Å². The van der Waals surface area contributed by atoms with Crippen LogP contribution in [0.4, 0.5) is 5.13 Å². The van der Waals surface area contributed by atoms with E-state index in [1.165, 1.54) is 35.0 Å². The minimum atomic E-state index is 0.413. The zero-order valence-corrected chi connectivity index (χ0v) is 13.9. The number of thiazole rings is 1. The number of rotatable bonds is 9. The first kappa shape index (κ1) is 16.4. The number of nitrogens with zero attached hydrogens (tertiary/aromatic N) is 2. The van der Waals surface area contributed by atoms with E-state index in [4.69, 9.17) is 4.98 Å². The Morgan fingerprint density at radius 1 is 1.16 bits per heavy atom. The molecule has 0 saturated heterocycles. The highest BCUT2D eigenvalue weighted by Crippen LogP contribution is 2.30. The van der Waals surface area contributed by atoms with Gasteiger partial charge < -0.3 is 10.2 Å². The van der Waals surface area contributed by atoms with Crippen molar-refractivity contribution in [1.29, 1.82) is 0 Å². The molecular formula is C15H29N3S. The largest absolute Gasteiger partial charge is 0.348 e.